The number of hydrogen-bond acceptors (Lipinski definition) is 2. The molecule has 1 aromatic heterocycles. The second-order valence-corrected chi connectivity index (χ2v) is 4.30. The number of halogens is 1. The Morgan fingerprint density at radius 3 is 2.93 bits per heavy atom. The predicted octanol–water partition coefficient (Wildman–Crippen LogP) is 3.46. The van der Waals surface area contributed by atoms with Crippen LogP contribution < -0.4 is 5.32 Å². The molecule has 1 rings (SSSR count). The zero-order valence-electron chi connectivity index (χ0n) is 9.46. The highest BCUT2D eigenvalue weighted by molar-refractivity contribution is 6.18. The summed E-state index contributed by atoms with van der Waals surface area (Å²) in [6, 6.07) is 6.02. The number of nitrogens with one attached hydrogen (secondary N) is 1. The van der Waals surface area contributed by atoms with Crippen LogP contribution in [0.2, 0.25) is 0 Å². The van der Waals surface area contributed by atoms with Crippen molar-refractivity contribution in [3.63, 3.8) is 0 Å². The lowest BCUT2D eigenvalue weighted by Crippen LogP contribution is -2.06. The molecule has 0 saturated carbocycles. The van der Waals surface area contributed by atoms with Gasteiger partial charge in [-0.2, -0.15) is 0 Å². The van der Waals surface area contributed by atoms with Gasteiger partial charge in [0.05, 0.1) is 0 Å². The minimum absolute atomic E-state index is 0.610. The summed E-state index contributed by atoms with van der Waals surface area (Å²) in [7, 11) is 0. The van der Waals surface area contributed by atoms with Crippen LogP contribution in [0.3, 0.4) is 0 Å². The average Bonchev–Trinajstić information content (AvgIpc) is 2.24. The first-order valence-corrected chi connectivity index (χ1v) is 5.99. The molecule has 1 atom stereocenters. The van der Waals surface area contributed by atoms with E-state index in [2.05, 4.69) is 17.2 Å². The highest BCUT2D eigenvalue weighted by atomic mass is 35.5. The van der Waals surface area contributed by atoms with E-state index in [0.717, 1.165) is 30.4 Å². The molecule has 1 heterocycles. The lowest BCUT2D eigenvalue weighted by Gasteiger charge is -2.08. The van der Waals surface area contributed by atoms with Crippen LogP contribution in [0.15, 0.2) is 18.2 Å². The Bertz CT molecular complexity index is 289. The van der Waals surface area contributed by atoms with Gasteiger partial charge >= 0.3 is 0 Å². The van der Waals surface area contributed by atoms with Gasteiger partial charge in [0, 0.05) is 18.1 Å². The van der Waals surface area contributed by atoms with Crippen molar-refractivity contribution in [1.29, 1.82) is 0 Å². The topological polar surface area (TPSA) is 24.9 Å². The summed E-state index contributed by atoms with van der Waals surface area (Å²) >= 11 is 5.74. The van der Waals surface area contributed by atoms with Gasteiger partial charge in [0.2, 0.25) is 0 Å². The summed E-state index contributed by atoms with van der Waals surface area (Å²) in [5.41, 5.74) is 1.05. The van der Waals surface area contributed by atoms with Crippen LogP contribution in [0, 0.1) is 12.8 Å². The molecule has 1 aromatic rings. The second-order valence-electron chi connectivity index (χ2n) is 3.99. The molecule has 0 spiro atoms. The standard InChI is InChI=1S/C12H19ClN2/c1-10(9-13)5-4-8-14-12-7-3-6-11(2)15-12/h3,6-7,10H,4-5,8-9H2,1-2H3,(H,14,15). The van der Waals surface area contributed by atoms with Gasteiger partial charge in [0.25, 0.3) is 0 Å². The maximum atomic E-state index is 5.74. The fourth-order valence-corrected chi connectivity index (χ4v) is 1.54. The summed E-state index contributed by atoms with van der Waals surface area (Å²) < 4.78 is 0. The molecule has 1 unspecified atom stereocenters. The van der Waals surface area contributed by atoms with Crippen molar-refractivity contribution >= 4 is 17.4 Å². The Morgan fingerprint density at radius 1 is 1.47 bits per heavy atom. The van der Waals surface area contributed by atoms with E-state index in [-0.39, 0.29) is 0 Å². The molecule has 0 aliphatic rings. The summed E-state index contributed by atoms with van der Waals surface area (Å²) in [5.74, 6) is 2.33. The summed E-state index contributed by atoms with van der Waals surface area (Å²) in [6.45, 7) is 5.15. The third-order valence-corrected chi connectivity index (χ3v) is 2.86. The number of nitrogens with zero attached hydrogens (tertiary/aromatic N) is 1. The van der Waals surface area contributed by atoms with Gasteiger partial charge in [-0.3, -0.25) is 0 Å². The van der Waals surface area contributed by atoms with E-state index < -0.39 is 0 Å². The Morgan fingerprint density at radius 2 is 2.27 bits per heavy atom. The third-order valence-electron chi connectivity index (χ3n) is 2.33. The van der Waals surface area contributed by atoms with Gasteiger partial charge in [-0.05, 0) is 37.8 Å². The van der Waals surface area contributed by atoms with Crippen molar-refractivity contribution < 1.29 is 0 Å². The van der Waals surface area contributed by atoms with Crippen molar-refractivity contribution in [2.45, 2.75) is 26.7 Å². The fraction of sp³-hybridized carbons (Fsp3) is 0.583. The molecular formula is C12H19ClN2. The van der Waals surface area contributed by atoms with Crippen LogP contribution in [-0.4, -0.2) is 17.4 Å². The number of pyridine rings is 1. The SMILES string of the molecule is Cc1cccc(NCCCC(C)CCl)n1. The largest absolute Gasteiger partial charge is 0.370 e. The maximum Gasteiger partial charge on any atom is 0.126 e. The first kappa shape index (κ1) is 12.3. The average molecular weight is 227 g/mol. The highest BCUT2D eigenvalue weighted by Crippen LogP contribution is 2.08. The molecule has 2 nitrogen and oxygen atoms in total. The Kier molecular flexibility index (Phi) is 5.48. The van der Waals surface area contributed by atoms with E-state index in [4.69, 9.17) is 11.6 Å². The van der Waals surface area contributed by atoms with Crippen LogP contribution >= 0.6 is 11.6 Å². The smallest absolute Gasteiger partial charge is 0.126 e. The number of alkyl halides is 1. The van der Waals surface area contributed by atoms with Gasteiger partial charge in [-0.1, -0.05) is 13.0 Å². The van der Waals surface area contributed by atoms with Crippen LogP contribution in [0.1, 0.15) is 25.5 Å². The minimum Gasteiger partial charge on any atom is -0.370 e. The molecule has 1 N–H and O–H groups in total. The first-order chi connectivity index (χ1) is 7.22. The molecule has 0 aromatic carbocycles. The van der Waals surface area contributed by atoms with Crippen LogP contribution in [0.25, 0.3) is 0 Å². The van der Waals surface area contributed by atoms with Crippen molar-refractivity contribution in [2.75, 3.05) is 17.7 Å². The monoisotopic (exact) mass is 226 g/mol. The van der Waals surface area contributed by atoms with Crippen molar-refractivity contribution in [3.8, 4) is 0 Å². The Hall–Kier alpha value is -0.760. The van der Waals surface area contributed by atoms with Crippen molar-refractivity contribution in [3.05, 3.63) is 23.9 Å². The number of rotatable bonds is 6. The van der Waals surface area contributed by atoms with E-state index in [0.29, 0.717) is 5.92 Å². The number of hydrogen-bond donors (Lipinski definition) is 1. The molecule has 84 valence electrons. The fourth-order valence-electron chi connectivity index (χ4n) is 1.39. The Balaban J connectivity index is 2.20. The van der Waals surface area contributed by atoms with Gasteiger partial charge in [-0.25, -0.2) is 4.98 Å². The van der Waals surface area contributed by atoms with E-state index >= 15 is 0 Å². The molecule has 0 aliphatic heterocycles. The van der Waals surface area contributed by atoms with Crippen LogP contribution in [0.4, 0.5) is 5.82 Å². The number of aromatic nitrogens is 1. The normalized spacial score (nSPS) is 12.5. The van der Waals surface area contributed by atoms with Gasteiger partial charge < -0.3 is 5.32 Å². The quantitative estimate of drug-likeness (QED) is 0.594. The molecule has 0 radical (unpaired) electrons. The molecule has 3 heteroatoms. The van der Waals surface area contributed by atoms with E-state index in [1.807, 2.05) is 25.1 Å². The predicted molar refractivity (Wildman–Crippen MR) is 66.6 cm³/mol. The summed E-state index contributed by atoms with van der Waals surface area (Å²) in [5, 5.41) is 3.31. The summed E-state index contributed by atoms with van der Waals surface area (Å²) in [4.78, 5) is 4.37. The zero-order valence-corrected chi connectivity index (χ0v) is 10.2. The Labute approximate surface area is 97.1 Å². The minimum atomic E-state index is 0.610. The lowest BCUT2D eigenvalue weighted by molar-refractivity contribution is 0.572. The van der Waals surface area contributed by atoms with Gasteiger partial charge in [0.15, 0.2) is 0 Å². The van der Waals surface area contributed by atoms with E-state index in [9.17, 15) is 0 Å². The molecule has 0 fully saturated rings. The zero-order chi connectivity index (χ0) is 11.1. The molecular weight excluding hydrogens is 208 g/mol. The molecule has 0 saturated heterocycles. The highest BCUT2D eigenvalue weighted by Gasteiger charge is 1.99. The van der Waals surface area contributed by atoms with Crippen molar-refractivity contribution in [2.24, 2.45) is 5.92 Å². The number of aryl methyl sites for hydroxylation is 1. The van der Waals surface area contributed by atoms with Gasteiger partial charge in [-0.15, -0.1) is 11.6 Å². The lowest BCUT2D eigenvalue weighted by atomic mass is 10.1. The van der Waals surface area contributed by atoms with E-state index in [1.54, 1.807) is 0 Å². The molecule has 0 amide bonds. The second kappa shape index (κ2) is 6.67. The number of anilines is 1. The molecule has 0 aliphatic carbocycles. The molecule has 15 heavy (non-hydrogen) atoms. The van der Waals surface area contributed by atoms with E-state index in [1.165, 1.54) is 6.42 Å². The van der Waals surface area contributed by atoms with Crippen molar-refractivity contribution in [1.82, 2.24) is 4.98 Å². The third kappa shape index (κ3) is 5.03. The maximum absolute atomic E-state index is 5.74. The molecule has 0 bridgehead atoms. The summed E-state index contributed by atoms with van der Waals surface area (Å²) in [6.07, 6.45) is 2.31. The first-order valence-electron chi connectivity index (χ1n) is 5.46. The van der Waals surface area contributed by atoms with Crippen LogP contribution in [0.5, 0.6) is 0 Å². The van der Waals surface area contributed by atoms with Crippen LogP contribution in [-0.2, 0) is 0 Å². The van der Waals surface area contributed by atoms with Gasteiger partial charge in [0.1, 0.15) is 5.82 Å².